The smallest absolute Gasteiger partial charge is 0.149 e. The van der Waals surface area contributed by atoms with Gasteiger partial charge >= 0.3 is 0 Å². The number of aromatic nitrogens is 2. The van der Waals surface area contributed by atoms with E-state index in [1.54, 1.807) is 6.07 Å². The van der Waals surface area contributed by atoms with Gasteiger partial charge in [-0.1, -0.05) is 6.07 Å². The molecular weight excluding hydrogens is 334 g/mol. The molecular formula is C20H20F2N4. The summed E-state index contributed by atoms with van der Waals surface area (Å²) in [4.78, 5) is 10.8. The molecule has 6 heteroatoms. The standard InChI is InChI=1S/C20H20F2N4/c21-15-5-6-16(22)20-19(15)17(8-9-23-20)24-12-14-4-7-18(25-13-14)26-10-2-1-3-11-26/h4-9,13H,1-3,10-12H2,(H,23,24). The van der Waals surface area contributed by atoms with Crippen molar-refractivity contribution in [2.45, 2.75) is 25.8 Å². The molecule has 1 aliphatic rings. The number of hydrogen-bond donors (Lipinski definition) is 1. The van der Waals surface area contributed by atoms with Crippen molar-refractivity contribution in [3.05, 3.63) is 59.9 Å². The van der Waals surface area contributed by atoms with Gasteiger partial charge in [0.15, 0.2) is 0 Å². The number of halogens is 2. The summed E-state index contributed by atoms with van der Waals surface area (Å²) in [6.07, 6.45) is 7.02. The number of piperidine rings is 1. The lowest BCUT2D eigenvalue weighted by Gasteiger charge is -2.27. The fraction of sp³-hybridized carbons (Fsp3) is 0.300. The van der Waals surface area contributed by atoms with Gasteiger partial charge in [-0.2, -0.15) is 0 Å². The average Bonchev–Trinajstić information content (AvgIpc) is 2.70. The highest BCUT2D eigenvalue weighted by atomic mass is 19.1. The summed E-state index contributed by atoms with van der Waals surface area (Å²) < 4.78 is 28.0. The monoisotopic (exact) mass is 354 g/mol. The summed E-state index contributed by atoms with van der Waals surface area (Å²) in [5, 5.41) is 3.34. The summed E-state index contributed by atoms with van der Waals surface area (Å²) in [6.45, 7) is 2.58. The van der Waals surface area contributed by atoms with E-state index >= 15 is 0 Å². The Morgan fingerprint density at radius 3 is 2.50 bits per heavy atom. The van der Waals surface area contributed by atoms with Gasteiger partial charge in [0.25, 0.3) is 0 Å². The number of rotatable bonds is 4. The highest BCUT2D eigenvalue weighted by Gasteiger charge is 2.13. The Bertz CT molecular complexity index is 906. The van der Waals surface area contributed by atoms with Crippen LogP contribution in [0.3, 0.4) is 0 Å². The van der Waals surface area contributed by atoms with E-state index in [9.17, 15) is 8.78 Å². The molecule has 1 aliphatic heterocycles. The summed E-state index contributed by atoms with van der Waals surface area (Å²) in [7, 11) is 0. The Morgan fingerprint density at radius 1 is 0.923 bits per heavy atom. The second-order valence-corrected chi connectivity index (χ2v) is 6.54. The molecule has 4 nitrogen and oxygen atoms in total. The minimum Gasteiger partial charge on any atom is -0.380 e. The van der Waals surface area contributed by atoms with Gasteiger partial charge in [-0.25, -0.2) is 13.8 Å². The van der Waals surface area contributed by atoms with Crippen LogP contribution in [-0.4, -0.2) is 23.1 Å². The predicted octanol–water partition coefficient (Wildman–Crippen LogP) is 4.51. The van der Waals surface area contributed by atoms with Crippen molar-refractivity contribution >= 4 is 22.4 Å². The number of pyridine rings is 2. The van der Waals surface area contributed by atoms with E-state index in [-0.39, 0.29) is 10.9 Å². The molecule has 1 fully saturated rings. The largest absolute Gasteiger partial charge is 0.380 e. The van der Waals surface area contributed by atoms with Crippen molar-refractivity contribution in [3.63, 3.8) is 0 Å². The van der Waals surface area contributed by atoms with Gasteiger partial charge in [-0.15, -0.1) is 0 Å². The lowest BCUT2D eigenvalue weighted by Crippen LogP contribution is -2.30. The fourth-order valence-electron chi connectivity index (χ4n) is 3.37. The Labute approximate surface area is 150 Å². The van der Waals surface area contributed by atoms with E-state index in [1.165, 1.54) is 25.5 Å². The van der Waals surface area contributed by atoms with Gasteiger partial charge in [-0.3, -0.25) is 4.98 Å². The lowest BCUT2D eigenvalue weighted by atomic mass is 10.1. The van der Waals surface area contributed by atoms with Crippen molar-refractivity contribution in [3.8, 4) is 0 Å². The maximum atomic E-state index is 14.1. The molecule has 0 bridgehead atoms. The first-order valence-corrected chi connectivity index (χ1v) is 8.89. The molecule has 2 aromatic heterocycles. The van der Waals surface area contributed by atoms with Crippen molar-refractivity contribution in [2.75, 3.05) is 23.3 Å². The third-order valence-electron chi connectivity index (χ3n) is 4.76. The maximum Gasteiger partial charge on any atom is 0.149 e. The zero-order chi connectivity index (χ0) is 17.9. The summed E-state index contributed by atoms with van der Waals surface area (Å²) in [5.41, 5.74) is 1.54. The second-order valence-electron chi connectivity index (χ2n) is 6.54. The third-order valence-corrected chi connectivity index (χ3v) is 4.76. The Balaban J connectivity index is 1.51. The van der Waals surface area contributed by atoms with Crippen LogP contribution in [0.15, 0.2) is 42.7 Å². The van der Waals surface area contributed by atoms with Gasteiger partial charge in [0.1, 0.15) is 23.0 Å². The van der Waals surface area contributed by atoms with Crippen LogP contribution in [0.4, 0.5) is 20.3 Å². The molecule has 4 rings (SSSR count). The van der Waals surface area contributed by atoms with Gasteiger partial charge < -0.3 is 10.2 Å². The quantitative estimate of drug-likeness (QED) is 0.748. The average molecular weight is 354 g/mol. The van der Waals surface area contributed by atoms with E-state index in [1.807, 2.05) is 18.3 Å². The van der Waals surface area contributed by atoms with Crippen LogP contribution in [0, 0.1) is 11.6 Å². The Morgan fingerprint density at radius 2 is 1.73 bits per heavy atom. The van der Waals surface area contributed by atoms with Crippen molar-refractivity contribution in [1.29, 1.82) is 0 Å². The first-order valence-electron chi connectivity index (χ1n) is 8.89. The minimum atomic E-state index is -0.530. The predicted molar refractivity (Wildman–Crippen MR) is 99.3 cm³/mol. The Hall–Kier alpha value is -2.76. The third kappa shape index (κ3) is 3.31. The SMILES string of the molecule is Fc1ccc(F)c2c(NCc3ccc(N4CCCCC4)nc3)ccnc12. The highest BCUT2D eigenvalue weighted by molar-refractivity contribution is 5.91. The second kappa shape index (κ2) is 7.23. The molecule has 1 saturated heterocycles. The lowest BCUT2D eigenvalue weighted by molar-refractivity contribution is 0.573. The van der Waals surface area contributed by atoms with Crippen LogP contribution < -0.4 is 10.2 Å². The topological polar surface area (TPSA) is 41.0 Å². The normalized spacial score (nSPS) is 14.6. The van der Waals surface area contributed by atoms with Gasteiger partial charge in [0.05, 0.1) is 5.39 Å². The minimum absolute atomic E-state index is 0.0357. The molecule has 134 valence electrons. The molecule has 0 radical (unpaired) electrons. The summed E-state index contributed by atoms with van der Waals surface area (Å²) in [5.74, 6) is -0.0240. The summed E-state index contributed by atoms with van der Waals surface area (Å²) >= 11 is 0. The summed E-state index contributed by atoms with van der Waals surface area (Å²) in [6, 6.07) is 7.91. The van der Waals surface area contributed by atoms with Gasteiger partial charge in [-0.05, 0) is 49.1 Å². The molecule has 3 aromatic rings. The first kappa shape index (κ1) is 16.7. The van der Waals surface area contributed by atoms with Crippen molar-refractivity contribution in [1.82, 2.24) is 9.97 Å². The first-order chi connectivity index (χ1) is 12.7. The molecule has 26 heavy (non-hydrogen) atoms. The number of nitrogens with one attached hydrogen (secondary N) is 1. The maximum absolute atomic E-state index is 14.1. The molecule has 0 amide bonds. The Kier molecular flexibility index (Phi) is 4.65. The van der Waals surface area contributed by atoms with E-state index < -0.39 is 11.6 Å². The molecule has 0 saturated carbocycles. The highest BCUT2D eigenvalue weighted by Crippen LogP contribution is 2.27. The molecule has 0 aliphatic carbocycles. The number of fused-ring (bicyclic) bond motifs is 1. The van der Waals surface area contributed by atoms with Crippen molar-refractivity contribution < 1.29 is 8.78 Å². The number of hydrogen-bond acceptors (Lipinski definition) is 4. The van der Waals surface area contributed by atoms with E-state index in [2.05, 4.69) is 20.2 Å². The molecule has 0 spiro atoms. The van der Waals surface area contributed by atoms with E-state index in [0.29, 0.717) is 12.2 Å². The molecule has 3 heterocycles. The number of benzene rings is 1. The molecule has 0 unspecified atom stereocenters. The van der Waals surface area contributed by atoms with Gasteiger partial charge in [0.2, 0.25) is 0 Å². The fourth-order valence-corrected chi connectivity index (χ4v) is 3.37. The van der Waals surface area contributed by atoms with Crippen LogP contribution >= 0.6 is 0 Å². The van der Waals surface area contributed by atoms with Crippen LogP contribution in [0.1, 0.15) is 24.8 Å². The van der Waals surface area contributed by atoms with Crippen LogP contribution in [0.5, 0.6) is 0 Å². The van der Waals surface area contributed by atoms with Crippen LogP contribution in [-0.2, 0) is 6.54 Å². The van der Waals surface area contributed by atoms with Crippen LogP contribution in [0.25, 0.3) is 10.9 Å². The zero-order valence-electron chi connectivity index (χ0n) is 14.4. The molecule has 0 atom stereocenters. The molecule has 1 N–H and O–H groups in total. The number of nitrogens with zero attached hydrogens (tertiary/aromatic N) is 3. The van der Waals surface area contributed by atoms with Gasteiger partial charge in [0, 0.05) is 37.7 Å². The number of anilines is 2. The molecule has 1 aromatic carbocycles. The zero-order valence-corrected chi connectivity index (χ0v) is 14.4. The van der Waals surface area contributed by atoms with Crippen LogP contribution in [0.2, 0.25) is 0 Å². The van der Waals surface area contributed by atoms with E-state index in [4.69, 9.17) is 0 Å². The van der Waals surface area contributed by atoms with Crippen molar-refractivity contribution in [2.24, 2.45) is 0 Å². The van der Waals surface area contributed by atoms with E-state index in [0.717, 1.165) is 36.6 Å².